The van der Waals surface area contributed by atoms with Crippen molar-refractivity contribution in [3.05, 3.63) is 120 Å². The van der Waals surface area contributed by atoms with Gasteiger partial charge in [-0.05, 0) is 54.9 Å². The largest absolute Gasteiger partial charge is 0.377 e. The number of carbonyl (C=O) groups excluding carboxylic acids is 2. The van der Waals surface area contributed by atoms with Crippen LogP contribution in [0.3, 0.4) is 0 Å². The van der Waals surface area contributed by atoms with Gasteiger partial charge in [-0.1, -0.05) is 104 Å². The van der Waals surface area contributed by atoms with Gasteiger partial charge in [0.1, 0.15) is 0 Å². The number of carbonyl (C=O) groups is 2. The number of nitrogens with zero attached hydrogens (tertiary/aromatic N) is 1. The van der Waals surface area contributed by atoms with Crippen molar-refractivity contribution < 1.29 is 9.59 Å². The molecule has 1 aliphatic rings. The lowest BCUT2D eigenvalue weighted by Crippen LogP contribution is -2.53. The molecule has 5 nitrogen and oxygen atoms in total. The molecule has 1 saturated carbocycles. The molecule has 0 bridgehead atoms. The van der Waals surface area contributed by atoms with E-state index in [9.17, 15) is 9.59 Å². The van der Waals surface area contributed by atoms with Gasteiger partial charge in [0.25, 0.3) is 11.8 Å². The Bertz CT molecular complexity index is 1400. The first-order valence-corrected chi connectivity index (χ1v) is 15.2. The number of nitrogens with one attached hydrogen (secondary N) is 2. The Balaban J connectivity index is 1.40. The summed E-state index contributed by atoms with van der Waals surface area (Å²) in [6.45, 7) is 0. The number of para-hydroxylation sites is 1. The summed E-state index contributed by atoms with van der Waals surface area (Å²) < 4.78 is 0. The number of benzene rings is 4. The van der Waals surface area contributed by atoms with Crippen molar-refractivity contribution in [3.63, 3.8) is 0 Å². The fourth-order valence-electron chi connectivity index (χ4n) is 5.47. The SMILES string of the molecule is CN(C)c1ccccc1C(=O)N[C@@H]1CCCC[C@H]1NC(=O)c1ccccc1P(c1ccccc1)c1ccccc1. The molecule has 0 aliphatic heterocycles. The van der Waals surface area contributed by atoms with Crippen LogP contribution in [0.2, 0.25) is 0 Å². The van der Waals surface area contributed by atoms with Gasteiger partial charge in [-0.3, -0.25) is 9.59 Å². The van der Waals surface area contributed by atoms with E-state index >= 15 is 0 Å². The number of amides is 2. The number of hydrogen-bond donors (Lipinski definition) is 2. The molecule has 0 saturated heterocycles. The minimum Gasteiger partial charge on any atom is -0.377 e. The van der Waals surface area contributed by atoms with Crippen LogP contribution in [0, 0.1) is 0 Å². The molecule has 0 heterocycles. The Labute approximate surface area is 238 Å². The lowest BCUT2D eigenvalue weighted by molar-refractivity contribution is 0.0863. The predicted molar refractivity (Wildman–Crippen MR) is 167 cm³/mol. The Hall–Kier alpha value is -3.95. The summed E-state index contributed by atoms with van der Waals surface area (Å²) in [5.74, 6) is -0.192. The summed E-state index contributed by atoms with van der Waals surface area (Å²) in [5.41, 5.74) is 2.21. The van der Waals surface area contributed by atoms with Gasteiger partial charge < -0.3 is 15.5 Å². The van der Waals surface area contributed by atoms with E-state index in [0.717, 1.165) is 36.7 Å². The first kappa shape index (κ1) is 27.6. The minimum atomic E-state index is -0.923. The average Bonchev–Trinajstić information content (AvgIpc) is 2.99. The van der Waals surface area contributed by atoms with Gasteiger partial charge in [0, 0.05) is 37.4 Å². The molecule has 4 aromatic rings. The Morgan fingerprint density at radius 2 is 1.07 bits per heavy atom. The topological polar surface area (TPSA) is 61.4 Å². The fourth-order valence-corrected chi connectivity index (χ4v) is 7.91. The second-order valence-corrected chi connectivity index (χ2v) is 12.6. The van der Waals surface area contributed by atoms with E-state index < -0.39 is 7.92 Å². The second kappa shape index (κ2) is 12.9. The maximum Gasteiger partial charge on any atom is 0.253 e. The molecule has 0 unspecified atom stereocenters. The average molecular weight is 550 g/mol. The Morgan fingerprint density at radius 1 is 0.625 bits per heavy atom. The summed E-state index contributed by atoms with van der Waals surface area (Å²) in [6.07, 6.45) is 3.72. The number of hydrogen-bond acceptors (Lipinski definition) is 3. The third-order valence-corrected chi connectivity index (χ3v) is 9.95. The normalized spacial score (nSPS) is 16.8. The van der Waals surface area contributed by atoms with Crippen LogP contribution >= 0.6 is 7.92 Å². The van der Waals surface area contributed by atoms with Crippen molar-refractivity contribution in [2.24, 2.45) is 0 Å². The van der Waals surface area contributed by atoms with Crippen LogP contribution in [-0.2, 0) is 0 Å². The van der Waals surface area contributed by atoms with Gasteiger partial charge in [0.05, 0.1) is 5.56 Å². The van der Waals surface area contributed by atoms with Crippen molar-refractivity contribution in [1.29, 1.82) is 0 Å². The number of anilines is 1. The van der Waals surface area contributed by atoms with Gasteiger partial charge >= 0.3 is 0 Å². The van der Waals surface area contributed by atoms with Crippen molar-refractivity contribution in [3.8, 4) is 0 Å². The van der Waals surface area contributed by atoms with Gasteiger partial charge in [-0.2, -0.15) is 0 Å². The van der Waals surface area contributed by atoms with Crippen LogP contribution < -0.4 is 31.4 Å². The van der Waals surface area contributed by atoms with Crippen LogP contribution in [0.4, 0.5) is 5.69 Å². The highest BCUT2D eigenvalue weighted by atomic mass is 31.1. The number of rotatable bonds is 8. The molecular weight excluding hydrogens is 513 g/mol. The maximum absolute atomic E-state index is 13.9. The van der Waals surface area contributed by atoms with E-state index in [4.69, 9.17) is 0 Å². The summed E-state index contributed by atoms with van der Waals surface area (Å²) in [6, 6.07) is 36.2. The molecule has 204 valence electrons. The van der Waals surface area contributed by atoms with Crippen LogP contribution in [0.5, 0.6) is 0 Å². The fraction of sp³-hybridized carbons (Fsp3) is 0.235. The lowest BCUT2D eigenvalue weighted by Gasteiger charge is -2.33. The van der Waals surface area contributed by atoms with Crippen LogP contribution in [-0.4, -0.2) is 38.0 Å². The van der Waals surface area contributed by atoms with Crippen LogP contribution in [0.15, 0.2) is 109 Å². The van der Waals surface area contributed by atoms with Crippen LogP contribution in [0.1, 0.15) is 46.4 Å². The Morgan fingerprint density at radius 3 is 1.62 bits per heavy atom. The summed E-state index contributed by atoms with van der Waals surface area (Å²) in [7, 11) is 2.95. The molecule has 1 fully saturated rings. The zero-order chi connectivity index (χ0) is 27.9. The molecule has 6 heteroatoms. The van der Waals surface area contributed by atoms with Crippen molar-refractivity contribution >= 4 is 41.3 Å². The Kier molecular flexibility index (Phi) is 8.93. The van der Waals surface area contributed by atoms with E-state index in [0.29, 0.717) is 11.1 Å². The molecular formula is C34H36N3O2P. The third kappa shape index (κ3) is 6.26. The molecule has 0 radical (unpaired) electrons. The molecule has 1 aliphatic carbocycles. The van der Waals surface area contributed by atoms with Gasteiger partial charge in [-0.25, -0.2) is 0 Å². The summed E-state index contributed by atoms with van der Waals surface area (Å²) >= 11 is 0. The van der Waals surface area contributed by atoms with Crippen molar-refractivity contribution in [2.75, 3.05) is 19.0 Å². The minimum absolute atomic E-state index is 0.0881. The highest BCUT2D eigenvalue weighted by Crippen LogP contribution is 2.34. The van der Waals surface area contributed by atoms with E-state index in [-0.39, 0.29) is 23.9 Å². The van der Waals surface area contributed by atoms with Crippen LogP contribution in [0.25, 0.3) is 0 Å². The monoisotopic (exact) mass is 549 g/mol. The van der Waals surface area contributed by atoms with E-state index in [1.165, 1.54) is 10.6 Å². The van der Waals surface area contributed by atoms with E-state index in [1.54, 1.807) is 0 Å². The molecule has 5 rings (SSSR count). The van der Waals surface area contributed by atoms with E-state index in [2.05, 4.69) is 65.2 Å². The van der Waals surface area contributed by atoms with E-state index in [1.807, 2.05) is 73.6 Å². The van der Waals surface area contributed by atoms with Gasteiger partial charge in [0.2, 0.25) is 0 Å². The third-order valence-electron chi connectivity index (χ3n) is 7.45. The zero-order valence-corrected chi connectivity index (χ0v) is 24.0. The van der Waals surface area contributed by atoms with Crippen molar-refractivity contribution in [1.82, 2.24) is 10.6 Å². The van der Waals surface area contributed by atoms with Gasteiger partial charge in [-0.15, -0.1) is 0 Å². The summed E-state index contributed by atoms with van der Waals surface area (Å²) in [5, 5.41) is 10.0. The smallest absolute Gasteiger partial charge is 0.253 e. The zero-order valence-electron chi connectivity index (χ0n) is 23.1. The quantitative estimate of drug-likeness (QED) is 0.305. The molecule has 0 aromatic heterocycles. The molecule has 40 heavy (non-hydrogen) atoms. The highest BCUT2D eigenvalue weighted by molar-refractivity contribution is 7.80. The molecule has 2 atom stereocenters. The molecule has 4 aromatic carbocycles. The lowest BCUT2D eigenvalue weighted by atomic mass is 9.89. The predicted octanol–water partition coefficient (Wildman–Crippen LogP) is 4.98. The van der Waals surface area contributed by atoms with Gasteiger partial charge in [0.15, 0.2) is 0 Å². The summed E-state index contributed by atoms with van der Waals surface area (Å²) in [4.78, 5) is 29.2. The second-order valence-electron chi connectivity index (χ2n) is 10.4. The molecule has 2 amide bonds. The van der Waals surface area contributed by atoms with Crippen molar-refractivity contribution in [2.45, 2.75) is 37.8 Å². The maximum atomic E-state index is 13.9. The molecule has 2 N–H and O–H groups in total. The first-order chi connectivity index (χ1) is 19.5. The standard InChI is InChI=1S/C34H36N3O2P/c1-37(2)31-23-13-9-19-27(31)33(38)35-29-21-11-12-22-30(29)36-34(39)28-20-10-14-24-32(28)40(25-15-5-3-6-16-25)26-17-7-4-8-18-26/h3-10,13-20,23-24,29-30H,11-12,21-22H2,1-2H3,(H,35,38)(H,36,39)/t29-,30-/m1/s1. The molecule has 0 spiro atoms. The first-order valence-electron chi connectivity index (χ1n) is 13.9. The highest BCUT2D eigenvalue weighted by Gasteiger charge is 2.30.